The molecule has 4 nitrogen and oxygen atoms in total. The lowest BCUT2D eigenvalue weighted by molar-refractivity contribution is -0.145. The van der Waals surface area contributed by atoms with Crippen molar-refractivity contribution in [3.63, 3.8) is 0 Å². The normalized spacial score (nSPS) is 22.0. The smallest absolute Gasteiger partial charge is 0.326 e. The number of rotatable bonds is 5. The van der Waals surface area contributed by atoms with Gasteiger partial charge < -0.3 is 10.4 Å². The van der Waals surface area contributed by atoms with Gasteiger partial charge in [0.05, 0.1) is 5.41 Å². The maximum absolute atomic E-state index is 12.8. The number of aliphatic carboxylic acids is 1. The van der Waals surface area contributed by atoms with Gasteiger partial charge in [0.1, 0.15) is 6.04 Å². The van der Waals surface area contributed by atoms with E-state index in [2.05, 4.69) is 24.0 Å². The third-order valence-corrected chi connectivity index (χ3v) is 5.13. The molecular formula is C17H23NO3S. The first kappa shape index (κ1) is 16.9. The van der Waals surface area contributed by atoms with Crippen LogP contribution in [-0.2, 0) is 22.4 Å². The lowest BCUT2D eigenvalue weighted by Crippen LogP contribution is -2.53. The van der Waals surface area contributed by atoms with E-state index < -0.39 is 17.4 Å². The van der Waals surface area contributed by atoms with Crippen LogP contribution in [0, 0.1) is 11.3 Å². The Morgan fingerprint density at radius 2 is 1.95 bits per heavy atom. The third kappa shape index (κ3) is 3.29. The number of nitrogens with one attached hydrogen (secondary N) is 1. The molecule has 1 unspecified atom stereocenters. The molecule has 0 aromatic heterocycles. The zero-order chi connectivity index (χ0) is 16.3. The first-order valence-electron chi connectivity index (χ1n) is 7.61. The van der Waals surface area contributed by atoms with Crippen LogP contribution < -0.4 is 5.32 Å². The number of carbonyl (C=O) groups excluding carboxylic acids is 1. The summed E-state index contributed by atoms with van der Waals surface area (Å²) in [5.74, 6) is -0.932. The quantitative estimate of drug-likeness (QED) is 0.729. The third-order valence-electron chi connectivity index (χ3n) is 4.52. The maximum atomic E-state index is 12.8. The van der Waals surface area contributed by atoms with Crippen LogP contribution in [0.5, 0.6) is 0 Å². The molecule has 0 saturated carbocycles. The van der Waals surface area contributed by atoms with Crippen molar-refractivity contribution in [1.82, 2.24) is 5.32 Å². The van der Waals surface area contributed by atoms with Gasteiger partial charge in [-0.15, -0.1) is 0 Å². The lowest BCUT2D eigenvalue weighted by atomic mass is 9.72. The van der Waals surface area contributed by atoms with Crippen LogP contribution in [0.15, 0.2) is 24.3 Å². The minimum atomic E-state index is -0.992. The second kappa shape index (κ2) is 6.73. The van der Waals surface area contributed by atoms with E-state index in [0.29, 0.717) is 18.6 Å². The number of fused-ring (bicyclic) bond motifs is 1. The molecule has 2 rings (SSSR count). The summed E-state index contributed by atoms with van der Waals surface area (Å²) in [6.45, 7) is 3.59. The van der Waals surface area contributed by atoms with Gasteiger partial charge >= 0.3 is 5.97 Å². The van der Waals surface area contributed by atoms with Gasteiger partial charge in [0.15, 0.2) is 0 Å². The van der Waals surface area contributed by atoms with Crippen molar-refractivity contribution in [2.24, 2.45) is 11.3 Å². The summed E-state index contributed by atoms with van der Waals surface area (Å²) in [5, 5.41) is 12.0. The Morgan fingerprint density at radius 1 is 1.32 bits per heavy atom. The lowest BCUT2D eigenvalue weighted by Gasteiger charge is -2.37. The molecule has 1 amide bonds. The van der Waals surface area contributed by atoms with Crippen molar-refractivity contribution in [3.8, 4) is 0 Å². The van der Waals surface area contributed by atoms with Gasteiger partial charge in [-0.2, -0.15) is 12.6 Å². The second-order valence-corrected chi connectivity index (χ2v) is 6.73. The molecule has 1 aliphatic rings. The highest BCUT2D eigenvalue weighted by atomic mass is 32.1. The molecule has 2 atom stereocenters. The summed E-state index contributed by atoms with van der Waals surface area (Å²) in [6, 6.07) is 7.24. The predicted octanol–water partition coefficient (Wildman–Crippen LogP) is 2.32. The van der Waals surface area contributed by atoms with Gasteiger partial charge in [0, 0.05) is 5.75 Å². The number of thiol groups is 1. The Morgan fingerprint density at radius 3 is 2.50 bits per heavy atom. The van der Waals surface area contributed by atoms with Crippen molar-refractivity contribution >= 4 is 24.5 Å². The number of aryl methyl sites for hydroxylation is 1. The van der Waals surface area contributed by atoms with Gasteiger partial charge in [-0.1, -0.05) is 38.1 Å². The molecule has 0 heterocycles. The second-order valence-electron chi connectivity index (χ2n) is 6.42. The van der Waals surface area contributed by atoms with E-state index in [1.807, 2.05) is 18.2 Å². The highest BCUT2D eigenvalue weighted by Crippen LogP contribution is 2.37. The van der Waals surface area contributed by atoms with Crippen LogP contribution in [-0.4, -0.2) is 28.8 Å². The van der Waals surface area contributed by atoms with Gasteiger partial charge in [0.25, 0.3) is 0 Å². The molecule has 0 radical (unpaired) electrons. The Bertz CT molecular complexity index is 573. The molecule has 0 aliphatic heterocycles. The van der Waals surface area contributed by atoms with E-state index in [1.54, 1.807) is 13.8 Å². The summed E-state index contributed by atoms with van der Waals surface area (Å²) in [6.07, 6.45) is 2.14. The number of amides is 1. The van der Waals surface area contributed by atoms with Gasteiger partial charge in [-0.3, -0.25) is 4.79 Å². The van der Waals surface area contributed by atoms with Crippen LogP contribution in [0.3, 0.4) is 0 Å². The molecule has 0 fully saturated rings. The van der Waals surface area contributed by atoms with Crippen molar-refractivity contribution in [1.29, 1.82) is 0 Å². The van der Waals surface area contributed by atoms with E-state index in [4.69, 9.17) is 0 Å². The fourth-order valence-corrected chi connectivity index (χ4v) is 3.42. The average Bonchev–Trinajstić information content (AvgIpc) is 2.51. The number of carboxylic acids is 1. The van der Waals surface area contributed by atoms with Gasteiger partial charge in [-0.25, -0.2) is 4.79 Å². The number of hydrogen-bond donors (Lipinski definition) is 3. The standard InChI is InChI=1S/C17H23NO3S/c1-11(2)14(15(19)20)18-16(21)17(10-22)8-7-12-5-3-4-6-13(12)9-17/h3-6,11,14,22H,7-10H2,1-2H3,(H,18,21)(H,19,20)/t14-,17?/m0/s1. The average molecular weight is 321 g/mol. The molecule has 1 aromatic rings. The minimum Gasteiger partial charge on any atom is -0.480 e. The summed E-state index contributed by atoms with van der Waals surface area (Å²) < 4.78 is 0. The molecule has 22 heavy (non-hydrogen) atoms. The number of benzene rings is 1. The molecule has 0 spiro atoms. The molecule has 1 aliphatic carbocycles. The number of carboxylic acid groups (broad SMARTS) is 1. The fraction of sp³-hybridized carbons (Fsp3) is 0.529. The fourth-order valence-electron chi connectivity index (χ4n) is 3.01. The maximum Gasteiger partial charge on any atom is 0.326 e. The first-order valence-corrected chi connectivity index (χ1v) is 8.24. The van der Waals surface area contributed by atoms with Crippen LogP contribution in [0.2, 0.25) is 0 Å². The van der Waals surface area contributed by atoms with E-state index in [-0.39, 0.29) is 11.8 Å². The highest BCUT2D eigenvalue weighted by Gasteiger charge is 2.41. The summed E-state index contributed by atoms with van der Waals surface area (Å²) in [4.78, 5) is 24.1. The predicted molar refractivity (Wildman–Crippen MR) is 89.2 cm³/mol. The van der Waals surface area contributed by atoms with Crippen LogP contribution in [0.1, 0.15) is 31.4 Å². The topological polar surface area (TPSA) is 66.4 Å². The van der Waals surface area contributed by atoms with E-state index >= 15 is 0 Å². The monoisotopic (exact) mass is 321 g/mol. The highest BCUT2D eigenvalue weighted by molar-refractivity contribution is 7.80. The molecule has 120 valence electrons. The molecular weight excluding hydrogens is 298 g/mol. The Balaban J connectivity index is 2.21. The molecule has 0 saturated heterocycles. The summed E-state index contributed by atoms with van der Waals surface area (Å²) >= 11 is 4.40. The van der Waals surface area contributed by atoms with E-state index in [9.17, 15) is 14.7 Å². The largest absolute Gasteiger partial charge is 0.480 e. The Labute approximate surface area is 136 Å². The minimum absolute atomic E-state index is 0.158. The van der Waals surface area contributed by atoms with E-state index in [1.165, 1.54) is 5.56 Å². The Hall–Kier alpha value is -1.49. The molecule has 0 bridgehead atoms. The Kier molecular flexibility index (Phi) is 5.16. The zero-order valence-electron chi connectivity index (χ0n) is 13.0. The van der Waals surface area contributed by atoms with Crippen molar-refractivity contribution in [2.75, 3.05) is 5.75 Å². The van der Waals surface area contributed by atoms with Crippen LogP contribution in [0.25, 0.3) is 0 Å². The van der Waals surface area contributed by atoms with Gasteiger partial charge in [0.2, 0.25) is 5.91 Å². The number of hydrogen-bond acceptors (Lipinski definition) is 3. The van der Waals surface area contributed by atoms with Crippen molar-refractivity contribution in [2.45, 2.75) is 39.2 Å². The SMILES string of the molecule is CC(C)[C@H](NC(=O)C1(CS)CCc2ccccc2C1)C(=O)O. The van der Waals surface area contributed by atoms with E-state index in [0.717, 1.165) is 12.0 Å². The molecule has 1 aromatic carbocycles. The summed E-state index contributed by atoms with van der Waals surface area (Å²) in [7, 11) is 0. The molecule has 5 heteroatoms. The van der Waals surface area contributed by atoms with Crippen molar-refractivity contribution in [3.05, 3.63) is 35.4 Å². The summed E-state index contributed by atoms with van der Waals surface area (Å²) in [5.41, 5.74) is 1.81. The number of carbonyl (C=O) groups is 2. The van der Waals surface area contributed by atoms with Gasteiger partial charge in [-0.05, 0) is 36.3 Å². The molecule has 2 N–H and O–H groups in total. The zero-order valence-corrected chi connectivity index (χ0v) is 13.9. The first-order chi connectivity index (χ1) is 10.4. The van der Waals surface area contributed by atoms with Crippen LogP contribution >= 0.6 is 12.6 Å². The van der Waals surface area contributed by atoms with Crippen molar-refractivity contribution < 1.29 is 14.7 Å². The van der Waals surface area contributed by atoms with Crippen LogP contribution in [0.4, 0.5) is 0 Å².